The summed E-state index contributed by atoms with van der Waals surface area (Å²) in [4.78, 5) is 25.3. The van der Waals surface area contributed by atoms with E-state index in [4.69, 9.17) is 0 Å². The maximum Gasteiger partial charge on any atom is 0.264 e. The molecule has 156 valence electrons. The molecule has 2 N–H and O–H groups in total. The first-order valence-corrected chi connectivity index (χ1v) is 11.2. The van der Waals surface area contributed by atoms with Crippen LogP contribution in [0.3, 0.4) is 0 Å². The molecule has 1 aliphatic heterocycles. The summed E-state index contributed by atoms with van der Waals surface area (Å²) in [5.74, 6) is -0.897. The topological polar surface area (TPSA) is 95.6 Å². The predicted molar refractivity (Wildman–Crippen MR) is 112 cm³/mol. The van der Waals surface area contributed by atoms with E-state index in [0.29, 0.717) is 0 Å². The van der Waals surface area contributed by atoms with Crippen LogP contribution in [0.2, 0.25) is 0 Å². The van der Waals surface area contributed by atoms with Gasteiger partial charge in [0, 0.05) is 12.4 Å². The Morgan fingerprint density at radius 1 is 1.17 bits per heavy atom. The summed E-state index contributed by atoms with van der Waals surface area (Å²) in [6, 6.07) is 13.0. The lowest BCUT2D eigenvalue weighted by molar-refractivity contribution is -0.129. The van der Waals surface area contributed by atoms with Crippen molar-refractivity contribution in [2.45, 2.75) is 43.2 Å². The fourth-order valence-electron chi connectivity index (χ4n) is 3.91. The third-order valence-corrected chi connectivity index (χ3v) is 7.30. The van der Waals surface area contributed by atoms with E-state index in [2.05, 4.69) is 10.6 Å². The van der Waals surface area contributed by atoms with Crippen molar-refractivity contribution in [2.24, 2.45) is 0 Å². The number of aryl methyl sites for hydroxylation is 2. The van der Waals surface area contributed by atoms with E-state index >= 15 is 0 Å². The number of hydrogen-bond donors (Lipinski definition) is 2. The van der Waals surface area contributed by atoms with E-state index in [9.17, 15) is 18.0 Å². The minimum absolute atomic E-state index is 0.0718. The average Bonchev–Trinajstić information content (AvgIpc) is 3.12. The molecule has 8 heteroatoms. The summed E-state index contributed by atoms with van der Waals surface area (Å²) >= 11 is 0. The number of rotatable bonds is 5. The molecule has 1 heterocycles. The highest BCUT2D eigenvalue weighted by Gasteiger charge is 2.37. The second-order valence-corrected chi connectivity index (χ2v) is 9.39. The molecule has 2 aromatic rings. The molecule has 0 spiro atoms. The van der Waals surface area contributed by atoms with E-state index in [1.807, 2.05) is 31.2 Å². The molecule has 2 amide bonds. The quantitative estimate of drug-likeness (QED) is 0.767. The zero-order valence-corrected chi connectivity index (χ0v) is 17.4. The Kier molecular flexibility index (Phi) is 5.34. The Morgan fingerprint density at radius 3 is 2.67 bits per heavy atom. The Bertz CT molecular complexity index is 1110. The molecule has 2 aromatic carbocycles. The molecule has 0 radical (unpaired) electrons. The van der Waals surface area contributed by atoms with Crippen LogP contribution >= 0.6 is 0 Å². The SMILES string of the molecule is Cc1ccc(S(=O)(=O)N2C=CNC(=O)[C@H]2CC(=O)N[C@@H]2CCc3ccccc32)cc1. The molecule has 0 fully saturated rings. The molecule has 4 rings (SSSR count). The van der Waals surface area contributed by atoms with Gasteiger partial charge in [0.25, 0.3) is 10.0 Å². The van der Waals surface area contributed by atoms with E-state index in [1.54, 1.807) is 12.1 Å². The van der Waals surface area contributed by atoms with Crippen LogP contribution in [0, 0.1) is 6.92 Å². The minimum atomic E-state index is -3.98. The molecule has 0 unspecified atom stereocenters. The summed E-state index contributed by atoms with van der Waals surface area (Å²) in [5.41, 5.74) is 3.20. The van der Waals surface area contributed by atoms with Crippen molar-refractivity contribution in [2.75, 3.05) is 0 Å². The van der Waals surface area contributed by atoms with E-state index in [1.165, 1.54) is 30.1 Å². The summed E-state index contributed by atoms with van der Waals surface area (Å²) in [6.45, 7) is 1.86. The first-order chi connectivity index (χ1) is 14.4. The Morgan fingerprint density at radius 2 is 1.90 bits per heavy atom. The fourth-order valence-corrected chi connectivity index (χ4v) is 5.36. The second-order valence-electron chi connectivity index (χ2n) is 7.55. The summed E-state index contributed by atoms with van der Waals surface area (Å²) < 4.78 is 27.2. The van der Waals surface area contributed by atoms with Crippen LogP contribution in [0.15, 0.2) is 65.8 Å². The van der Waals surface area contributed by atoms with Crippen LogP contribution in [0.25, 0.3) is 0 Å². The third-order valence-electron chi connectivity index (χ3n) is 5.50. The zero-order chi connectivity index (χ0) is 21.3. The Balaban J connectivity index is 1.53. The molecule has 0 bridgehead atoms. The highest BCUT2D eigenvalue weighted by Crippen LogP contribution is 2.31. The molecule has 2 atom stereocenters. The van der Waals surface area contributed by atoms with Gasteiger partial charge < -0.3 is 10.6 Å². The average molecular weight is 426 g/mol. The minimum Gasteiger partial charge on any atom is -0.349 e. The van der Waals surface area contributed by atoms with E-state index in [-0.39, 0.29) is 23.3 Å². The maximum absolute atomic E-state index is 13.1. The maximum atomic E-state index is 13.1. The number of carbonyl (C=O) groups excluding carboxylic acids is 2. The van der Waals surface area contributed by atoms with Crippen molar-refractivity contribution in [3.63, 3.8) is 0 Å². The van der Waals surface area contributed by atoms with Crippen LogP contribution in [-0.2, 0) is 26.0 Å². The molecule has 0 saturated heterocycles. The van der Waals surface area contributed by atoms with Gasteiger partial charge >= 0.3 is 0 Å². The van der Waals surface area contributed by atoms with Crippen molar-refractivity contribution in [1.82, 2.24) is 14.9 Å². The molecular formula is C22H23N3O4S. The molecular weight excluding hydrogens is 402 g/mol. The number of sulfonamides is 1. The van der Waals surface area contributed by atoms with Crippen LogP contribution in [0.1, 0.15) is 35.6 Å². The van der Waals surface area contributed by atoms with Crippen molar-refractivity contribution in [3.05, 3.63) is 77.6 Å². The molecule has 0 aromatic heterocycles. The van der Waals surface area contributed by atoms with Gasteiger partial charge in [-0.05, 0) is 43.0 Å². The van der Waals surface area contributed by atoms with Gasteiger partial charge in [-0.25, -0.2) is 8.42 Å². The second kappa shape index (κ2) is 7.95. The first kappa shape index (κ1) is 20.2. The smallest absolute Gasteiger partial charge is 0.264 e. The highest BCUT2D eigenvalue weighted by molar-refractivity contribution is 7.89. The number of hydrogen-bond acceptors (Lipinski definition) is 4. The number of carbonyl (C=O) groups is 2. The first-order valence-electron chi connectivity index (χ1n) is 9.81. The van der Waals surface area contributed by atoms with Crippen molar-refractivity contribution < 1.29 is 18.0 Å². The van der Waals surface area contributed by atoms with Gasteiger partial charge in [0.1, 0.15) is 6.04 Å². The third kappa shape index (κ3) is 3.82. The molecule has 7 nitrogen and oxygen atoms in total. The number of fused-ring (bicyclic) bond motifs is 1. The molecule has 2 aliphatic rings. The zero-order valence-electron chi connectivity index (χ0n) is 16.5. The number of benzene rings is 2. The van der Waals surface area contributed by atoms with Crippen molar-refractivity contribution >= 4 is 21.8 Å². The number of amides is 2. The van der Waals surface area contributed by atoms with Gasteiger partial charge in [0.2, 0.25) is 11.8 Å². The lowest BCUT2D eigenvalue weighted by Crippen LogP contribution is -2.51. The van der Waals surface area contributed by atoms with Crippen LogP contribution in [0.4, 0.5) is 0 Å². The summed E-state index contributed by atoms with van der Waals surface area (Å²) in [6.07, 6.45) is 3.96. The van der Waals surface area contributed by atoms with Gasteiger partial charge in [0.15, 0.2) is 0 Å². The highest BCUT2D eigenvalue weighted by atomic mass is 32.2. The molecule has 30 heavy (non-hydrogen) atoms. The Labute approximate surface area is 175 Å². The van der Waals surface area contributed by atoms with Gasteiger partial charge in [0.05, 0.1) is 17.4 Å². The van der Waals surface area contributed by atoms with Gasteiger partial charge in [-0.3, -0.25) is 13.9 Å². The van der Waals surface area contributed by atoms with Crippen molar-refractivity contribution in [1.29, 1.82) is 0 Å². The van der Waals surface area contributed by atoms with Crippen LogP contribution in [-0.4, -0.2) is 30.6 Å². The Hall–Kier alpha value is -3.13. The standard InChI is InChI=1S/C22H23N3O4S/c1-15-6-9-17(10-7-15)30(28,29)25-13-12-23-22(27)20(25)14-21(26)24-19-11-8-16-4-2-3-5-18(16)19/h2-7,9-10,12-13,19-20H,8,11,14H2,1H3,(H,23,27)(H,24,26)/t19-,20-/m1/s1. The van der Waals surface area contributed by atoms with Gasteiger partial charge in [-0.2, -0.15) is 0 Å². The van der Waals surface area contributed by atoms with Crippen LogP contribution < -0.4 is 10.6 Å². The summed E-state index contributed by atoms with van der Waals surface area (Å²) in [7, 11) is -3.98. The lowest BCUT2D eigenvalue weighted by atomic mass is 10.1. The molecule has 1 aliphatic carbocycles. The lowest BCUT2D eigenvalue weighted by Gasteiger charge is -2.31. The number of nitrogens with zero attached hydrogens (tertiary/aromatic N) is 1. The van der Waals surface area contributed by atoms with Crippen molar-refractivity contribution in [3.8, 4) is 0 Å². The monoisotopic (exact) mass is 425 g/mol. The molecule has 0 saturated carbocycles. The van der Waals surface area contributed by atoms with E-state index in [0.717, 1.165) is 28.3 Å². The summed E-state index contributed by atoms with van der Waals surface area (Å²) in [5, 5.41) is 5.46. The van der Waals surface area contributed by atoms with E-state index < -0.39 is 22.0 Å². The van der Waals surface area contributed by atoms with Gasteiger partial charge in [-0.15, -0.1) is 0 Å². The van der Waals surface area contributed by atoms with Gasteiger partial charge in [-0.1, -0.05) is 42.0 Å². The predicted octanol–water partition coefficient (Wildman–Crippen LogP) is 2.15. The largest absolute Gasteiger partial charge is 0.349 e. The van der Waals surface area contributed by atoms with Crippen LogP contribution in [0.5, 0.6) is 0 Å². The normalized spacial score (nSPS) is 20.6. The fraction of sp³-hybridized carbons (Fsp3) is 0.273. The number of nitrogens with one attached hydrogen (secondary N) is 2.